The highest BCUT2D eigenvalue weighted by Gasteiger charge is 2.45. The molecule has 3 nitrogen and oxygen atoms in total. The first-order valence-electron chi connectivity index (χ1n) is 18.6. The standard InChI is InChI=1S/C47H36BN3S2Si/c1-54(2,3)34-26-28-42-35(30-34)46-47(53-42)48-36-27-25-33-29-41(36)51(40-22-14-21-39(45(40)48)50(46)32-17-8-5-9-18-32)38-20-11-13-24-44(38)52-43-23-12-10-19-37(43)49(33)31-15-6-4-7-16-31/h4-30H,1-3H3. The summed E-state index contributed by atoms with van der Waals surface area (Å²) in [5.41, 5.74) is 13.6. The van der Waals surface area contributed by atoms with Gasteiger partial charge in [-0.05, 0) is 89.8 Å². The summed E-state index contributed by atoms with van der Waals surface area (Å²) in [6, 6.07) is 61.1. The van der Waals surface area contributed by atoms with Gasteiger partial charge in [0.15, 0.2) is 0 Å². The Balaban J connectivity index is 1.25. The molecular formula is C47H36BN3S2Si. The van der Waals surface area contributed by atoms with Crippen LogP contribution in [0.4, 0.5) is 51.2 Å². The van der Waals surface area contributed by atoms with E-state index < -0.39 is 8.07 Å². The smallest absolute Gasteiger partial charge is 0.264 e. The van der Waals surface area contributed by atoms with Crippen LogP contribution in [-0.2, 0) is 0 Å². The molecule has 7 heteroatoms. The fourth-order valence-corrected chi connectivity index (χ4v) is 12.2. The Morgan fingerprint density at radius 3 is 1.76 bits per heavy atom. The average Bonchev–Trinajstić information content (AvgIpc) is 3.58. The van der Waals surface area contributed by atoms with Gasteiger partial charge < -0.3 is 14.7 Å². The zero-order valence-electron chi connectivity index (χ0n) is 30.3. The van der Waals surface area contributed by atoms with Gasteiger partial charge in [0, 0.05) is 58.8 Å². The van der Waals surface area contributed by atoms with E-state index in [0.717, 1.165) is 11.4 Å². The first kappa shape index (κ1) is 32.0. The van der Waals surface area contributed by atoms with Crippen LogP contribution in [0, 0.1) is 0 Å². The monoisotopic (exact) mass is 745 g/mol. The number of rotatable bonds is 3. The van der Waals surface area contributed by atoms with Crippen LogP contribution in [0.25, 0.3) is 10.1 Å². The van der Waals surface area contributed by atoms with Gasteiger partial charge in [0.1, 0.15) is 0 Å². The van der Waals surface area contributed by atoms with Crippen molar-refractivity contribution in [1.29, 1.82) is 0 Å². The molecule has 0 unspecified atom stereocenters. The number of fused-ring (bicyclic) bond motifs is 10. The van der Waals surface area contributed by atoms with Crippen molar-refractivity contribution in [1.82, 2.24) is 0 Å². The van der Waals surface area contributed by atoms with Gasteiger partial charge in [-0.3, -0.25) is 0 Å². The highest BCUT2D eigenvalue weighted by Crippen LogP contribution is 2.52. The van der Waals surface area contributed by atoms with Crippen molar-refractivity contribution in [2.24, 2.45) is 0 Å². The lowest BCUT2D eigenvalue weighted by atomic mass is 9.36. The third kappa shape index (κ3) is 4.75. The molecule has 0 saturated carbocycles. The van der Waals surface area contributed by atoms with Gasteiger partial charge in [-0.25, -0.2) is 0 Å². The Morgan fingerprint density at radius 1 is 0.481 bits per heavy atom. The minimum absolute atomic E-state index is 0.0828. The molecule has 1 aromatic heterocycles. The summed E-state index contributed by atoms with van der Waals surface area (Å²) in [5.74, 6) is 0. The van der Waals surface area contributed by atoms with E-state index >= 15 is 0 Å². The van der Waals surface area contributed by atoms with E-state index in [2.05, 4.69) is 198 Å². The topological polar surface area (TPSA) is 9.72 Å². The number of nitrogens with zero attached hydrogens (tertiary/aromatic N) is 3. The third-order valence-corrected chi connectivity index (χ3v) is 15.6. The van der Waals surface area contributed by atoms with Crippen molar-refractivity contribution in [2.75, 3.05) is 14.7 Å². The fraction of sp³-hybridized carbons (Fsp3) is 0.0638. The molecule has 0 radical (unpaired) electrons. The molecule has 7 aromatic carbocycles. The number of para-hydroxylation sites is 4. The van der Waals surface area contributed by atoms with Crippen LogP contribution in [0.15, 0.2) is 174 Å². The molecule has 3 aliphatic rings. The van der Waals surface area contributed by atoms with Crippen LogP contribution < -0.4 is 35.6 Å². The summed E-state index contributed by atoms with van der Waals surface area (Å²) in [4.78, 5) is 9.99. The fourth-order valence-electron chi connectivity index (χ4n) is 8.69. The van der Waals surface area contributed by atoms with Gasteiger partial charge in [-0.2, -0.15) is 0 Å². The molecule has 0 fully saturated rings. The molecule has 258 valence electrons. The molecule has 0 atom stereocenters. The maximum absolute atomic E-state index is 2.56. The van der Waals surface area contributed by atoms with Crippen molar-refractivity contribution in [3.63, 3.8) is 0 Å². The molecular weight excluding hydrogens is 710 g/mol. The normalized spacial score (nSPS) is 14.0. The van der Waals surface area contributed by atoms with Gasteiger partial charge in [-0.1, -0.05) is 122 Å². The van der Waals surface area contributed by atoms with Gasteiger partial charge in [0.05, 0.1) is 25.1 Å². The van der Waals surface area contributed by atoms with Crippen molar-refractivity contribution in [3.05, 3.63) is 164 Å². The minimum atomic E-state index is -1.57. The highest BCUT2D eigenvalue weighted by atomic mass is 32.2. The Labute approximate surface area is 326 Å². The molecule has 4 heterocycles. The maximum Gasteiger partial charge on any atom is 0.264 e. The summed E-state index contributed by atoms with van der Waals surface area (Å²) < 4.78 is 2.76. The van der Waals surface area contributed by atoms with Crippen LogP contribution in [0.5, 0.6) is 0 Å². The summed E-state index contributed by atoms with van der Waals surface area (Å²) in [7, 11) is -1.57. The predicted molar refractivity (Wildman–Crippen MR) is 238 cm³/mol. The Hall–Kier alpha value is -5.47. The number of anilines is 9. The van der Waals surface area contributed by atoms with Gasteiger partial charge >= 0.3 is 0 Å². The van der Waals surface area contributed by atoms with E-state index in [1.165, 1.54) is 80.6 Å². The largest absolute Gasteiger partial charge is 0.310 e. The van der Waals surface area contributed by atoms with Gasteiger partial charge in [0.25, 0.3) is 6.71 Å². The zero-order chi connectivity index (χ0) is 36.1. The molecule has 2 bridgehead atoms. The zero-order valence-corrected chi connectivity index (χ0v) is 33.0. The third-order valence-electron chi connectivity index (χ3n) is 11.2. The second kappa shape index (κ2) is 12.0. The summed E-state index contributed by atoms with van der Waals surface area (Å²) >= 11 is 3.82. The Bertz CT molecular complexity index is 2780. The molecule has 0 N–H and O–H groups in total. The number of thiophene rings is 1. The lowest BCUT2D eigenvalue weighted by Crippen LogP contribution is -2.60. The molecule has 0 saturated heterocycles. The van der Waals surface area contributed by atoms with E-state index in [1.807, 2.05) is 23.1 Å². The van der Waals surface area contributed by atoms with Crippen LogP contribution >= 0.6 is 23.1 Å². The number of benzene rings is 7. The van der Waals surface area contributed by atoms with Crippen molar-refractivity contribution < 1.29 is 0 Å². The first-order valence-corrected chi connectivity index (χ1v) is 23.8. The summed E-state index contributed by atoms with van der Waals surface area (Å²) in [6.45, 7) is 7.44. The number of hydrogen-bond acceptors (Lipinski definition) is 5. The lowest BCUT2D eigenvalue weighted by Gasteiger charge is -2.44. The maximum atomic E-state index is 2.56. The van der Waals surface area contributed by atoms with Gasteiger partial charge in [0.2, 0.25) is 0 Å². The van der Waals surface area contributed by atoms with Crippen molar-refractivity contribution in [3.8, 4) is 0 Å². The first-order chi connectivity index (χ1) is 26.4. The second-order valence-corrected chi connectivity index (χ2v) is 22.6. The quantitative estimate of drug-likeness (QED) is 0.167. The predicted octanol–water partition coefficient (Wildman–Crippen LogP) is 11.5. The van der Waals surface area contributed by atoms with Crippen LogP contribution in [-0.4, -0.2) is 14.8 Å². The molecule has 0 spiro atoms. The Morgan fingerprint density at radius 2 is 1.07 bits per heavy atom. The SMILES string of the molecule is C[Si](C)(C)c1ccc2sc3c(c2c1)N(c1ccccc1)c1cccc2c1B3c1ccc3cc1N2c1ccccc1Sc1ccccc1N3c1ccccc1. The van der Waals surface area contributed by atoms with Crippen molar-refractivity contribution >= 4 is 120 Å². The van der Waals surface area contributed by atoms with Gasteiger partial charge in [-0.15, -0.1) is 11.3 Å². The van der Waals surface area contributed by atoms with Crippen LogP contribution in [0.1, 0.15) is 0 Å². The number of hydrogen-bond donors (Lipinski definition) is 0. The summed E-state index contributed by atoms with van der Waals surface area (Å²) in [5, 5.41) is 2.85. The van der Waals surface area contributed by atoms with E-state index in [9.17, 15) is 0 Å². The highest BCUT2D eigenvalue weighted by molar-refractivity contribution is 7.99. The van der Waals surface area contributed by atoms with Crippen LogP contribution in [0.2, 0.25) is 19.6 Å². The molecule has 0 aliphatic carbocycles. The van der Waals surface area contributed by atoms with Crippen LogP contribution in [0.3, 0.4) is 0 Å². The van der Waals surface area contributed by atoms with E-state index in [0.29, 0.717) is 0 Å². The summed E-state index contributed by atoms with van der Waals surface area (Å²) in [6.07, 6.45) is 0. The molecule has 54 heavy (non-hydrogen) atoms. The molecule has 8 aromatic rings. The Kier molecular flexibility index (Phi) is 7.12. The molecule has 11 rings (SSSR count). The average molecular weight is 746 g/mol. The second-order valence-electron chi connectivity index (χ2n) is 15.4. The van der Waals surface area contributed by atoms with E-state index in [-0.39, 0.29) is 6.71 Å². The molecule has 0 amide bonds. The lowest BCUT2D eigenvalue weighted by molar-refractivity contribution is 1.19. The minimum Gasteiger partial charge on any atom is -0.310 e. The van der Waals surface area contributed by atoms with E-state index in [4.69, 9.17) is 0 Å². The molecule has 3 aliphatic heterocycles. The van der Waals surface area contributed by atoms with E-state index in [1.54, 1.807) is 0 Å². The van der Waals surface area contributed by atoms with Crippen molar-refractivity contribution in [2.45, 2.75) is 29.4 Å².